The number of carbonyl (C=O) groups is 2. The van der Waals surface area contributed by atoms with E-state index in [1.165, 1.54) is 31.3 Å². The highest BCUT2D eigenvalue weighted by molar-refractivity contribution is 7.89. The maximum atomic E-state index is 12.9. The second-order valence-electron chi connectivity index (χ2n) is 7.04. The van der Waals surface area contributed by atoms with E-state index in [0.717, 1.165) is 0 Å². The molecule has 1 heterocycles. The fraction of sp³-hybridized carbons (Fsp3) is 0.444. The Morgan fingerprint density at radius 3 is 2.29 bits per heavy atom. The lowest BCUT2D eigenvalue weighted by Crippen LogP contribution is -2.42. The summed E-state index contributed by atoms with van der Waals surface area (Å²) in [5.74, 6) is -1.57. The van der Waals surface area contributed by atoms with Crippen molar-refractivity contribution < 1.29 is 32.2 Å². The molecule has 0 spiro atoms. The van der Waals surface area contributed by atoms with Gasteiger partial charge in [0.15, 0.2) is 0 Å². The fourth-order valence-corrected chi connectivity index (χ4v) is 4.33. The number of esters is 2. The van der Waals surface area contributed by atoms with Crippen molar-refractivity contribution in [3.63, 3.8) is 0 Å². The van der Waals surface area contributed by atoms with Gasteiger partial charge in [-0.15, -0.1) is 0 Å². The minimum atomic E-state index is -3.94. The molecule has 0 unspecified atom stereocenters. The molecule has 1 N–H and O–H groups in total. The summed E-state index contributed by atoms with van der Waals surface area (Å²) in [4.78, 5) is 25.8. The van der Waals surface area contributed by atoms with Gasteiger partial charge in [0, 0.05) is 5.54 Å². The number of carbonyl (C=O) groups excluding carboxylic acids is 2. The van der Waals surface area contributed by atoms with E-state index in [2.05, 4.69) is 4.72 Å². The molecule has 1 aliphatic heterocycles. The SMILES string of the molecule is COC(=O)C1=C(C(=O)OC)N(c2ccccc2S(=O)(=O)NC(C)(C)C)COC1. The number of hydrogen-bond donors (Lipinski definition) is 1. The minimum Gasteiger partial charge on any atom is -0.466 e. The summed E-state index contributed by atoms with van der Waals surface area (Å²) < 4.78 is 43.4. The van der Waals surface area contributed by atoms with E-state index in [-0.39, 0.29) is 35.2 Å². The molecule has 0 fully saturated rings. The number of rotatable bonds is 5. The predicted molar refractivity (Wildman–Crippen MR) is 101 cm³/mol. The zero-order valence-corrected chi connectivity index (χ0v) is 17.3. The average molecular weight is 412 g/mol. The van der Waals surface area contributed by atoms with E-state index in [1.807, 2.05) is 0 Å². The zero-order valence-electron chi connectivity index (χ0n) is 16.4. The number of ether oxygens (including phenoxy) is 3. The van der Waals surface area contributed by atoms with Gasteiger partial charge in [-0.25, -0.2) is 22.7 Å². The van der Waals surface area contributed by atoms with Crippen LogP contribution in [-0.2, 0) is 33.8 Å². The second kappa shape index (κ2) is 8.29. The molecule has 0 saturated carbocycles. The number of benzene rings is 1. The van der Waals surface area contributed by atoms with E-state index in [1.54, 1.807) is 32.9 Å². The van der Waals surface area contributed by atoms with Crippen LogP contribution in [0.2, 0.25) is 0 Å². The Labute approximate surface area is 164 Å². The molecule has 0 radical (unpaired) electrons. The highest BCUT2D eigenvalue weighted by Gasteiger charge is 2.35. The van der Waals surface area contributed by atoms with Crippen molar-refractivity contribution in [1.29, 1.82) is 0 Å². The molecule has 10 heteroatoms. The molecule has 0 aromatic heterocycles. The van der Waals surface area contributed by atoms with Gasteiger partial charge in [0.1, 0.15) is 17.3 Å². The molecular formula is C18H24N2O7S. The van der Waals surface area contributed by atoms with Gasteiger partial charge in [-0.1, -0.05) is 12.1 Å². The molecule has 0 bridgehead atoms. The maximum Gasteiger partial charge on any atom is 0.355 e. The van der Waals surface area contributed by atoms with Crippen LogP contribution < -0.4 is 9.62 Å². The van der Waals surface area contributed by atoms with Gasteiger partial charge in [-0.3, -0.25) is 0 Å². The number of hydrogen-bond acceptors (Lipinski definition) is 8. The average Bonchev–Trinajstić information content (AvgIpc) is 2.64. The summed E-state index contributed by atoms with van der Waals surface area (Å²) in [6.07, 6.45) is 0. The highest BCUT2D eigenvalue weighted by atomic mass is 32.2. The summed E-state index contributed by atoms with van der Waals surface area (Å²) in [5, 5.41) is 0. The normalized spacial score (nSPS) is 15.4. The van der Waals surface area contributed by atoms with E-state index < -0.39 is 27.5 Å². The van der Waals surface area contributed by atoms with Gasteiger partial charge in [-0.2, -0.15) is 0 Å². The van der Waals surface area contributed by atoms with Crippen molar-refractivity contribution in [1.82, 2.24) is 4.72 Å². The molecule has 0 aliphatic carbocycles. The zero-order chi connectivity index (χ0) is 21.1. The van der Waals surface area contributed by atoms with Crippen LogP contribution in [0.3, 0.4) is 0 Å². The fourth-order valence-electron chi connectivity index (χ4n) is 2.70. The van der Waals surface area contributed by atoms with E-state index in [4.69, 9.17) is 14.2 Å². The van der Waals surface area contributed by atoms with Gasteiger partial charge < -0.3 is 19.1 Å². The molecule has 28 heavy (non-hydrogen) atoms. The number of para-hydroxylation sites is 1. The van der Waals surface area contributed by atoms with Crippen LogP contribution in [0.25, 0.3) is 0 Å². The van der Waals surface area contributed by atoms with Crippen molar-refractivity contribution >= 4 is 27.6 Å². The molecular weight excluding hydrogens is 388 g/mol. The number of sulfonamides is 1. The summed E-state index contributed by atoms with van der Waals surface area (Å²) >= 11 is 0. The highest BCUT2D eigenvalue weighted by Crippen LogP contribution is 2.32. The van der Waals surface area contributed by atoms with Crippen LogP contribution in [0.4, 0.5) is 5.69 Å². The topological polar surface area (TPSA) is 111 Å². The molecule has 0 atom stereocenters. The van der Waals surface area contributed by atoms with Crippen LogP contribution >= 0.6 is 0 Å². The Kier molecular flexibility index (Phi) is 6.48. The Bertz CT molecular complexity index is 901. The standard InChI is InChI=1S/C18H24N2O7S/c1-18(2,3)19-28(23,24)14-9-7-6-8-13(14)20-11-27-10-12(16(21)25-4)15(20)17(22)26-5/h6-9,19H,10-11H2,1-5H3. The minimum absolute atomic E-state index is 0.0587. The Morgan fingerprint density at radius 1 is 1.11 bits per heavy atom. The lowest BCUT2D eigenvalue weighted by Gasteiger charge is -2.32. The van der Waals surface area contributed by atoms with Crippen molar-refractivity contribution in [2.75, 3.05) is 32.5 Å². The van der Waals surface area contributed by atoms with Crippen LogP contribution in [0.1, 0.15) is 20.8 Å². The third kappa shape index (κ3) is 4.70. The smallest absolute Gasteiger partial charge is 0.355 e. The monoisotopic (exact) mass is 412 g/mol. The van der Waals surface area contributed by atoms with Crippen LogP contribution in [0.15, 0.2) is 40.4 Å². The van der Waals surface area contributed by atoms with Crippen molar-refractivity contribution in [3.8, 4) is 0 Å². The summed E-state index contributed by atoms with van der Waals surface area (Å²) in [5.41, 5.74) is -0.737. The van der Waals surface area contributed by atoms with Crippen molar-refractivity contribution in [3.05, 3.63) is 35.5 Å². The number of nitrogens with one attached hydrogen (secondary N) is 1. The first-order chi connectivity index (χ1) is 13.0. The third-order valence-corrected chi connectivity index (χ3v) is 5.52. The first-order valence-electron chi connectivity index (χ1n) is 8.40. The molecule has 9 nitrogen and oxygen atoms in total. The summed E-state index contributed by atoms with van der Waals surface area (Å²) in [6, 6.07) is 6.11. The molecule has 1 aromatic rings. The van der Waals surface area contributed by atoms with Crippen molar-refractivity contribution in [2.45, 2.75) is 31.2 Å². The largest absolute Gasteiger partial charge is 0.466 e. The predicted octanol–water partition coefficient (Wildman–Crippen LogP) is 1.16. The van der Waals surface area contributed by atoms with Gasteiger partial charge in [0.25, 0.3) is 0 Å². The van der Waals surface area contributed by atoms with Crippen molar-refractivity contribution in [2.24, 2.45) is 0 Å². The third-order valence-electron chi connectivity index (χ3n) is 3.72. The van der Waals surface area contributed by atoms with Crippen LogP contribution in [-0.4, -0.2) is 53.5 Å². The molecule has 1 aromatic carbocycles. The van der Waals surface area contributed by atoms with Gasteiger partial charge in [0.05, 0.1) is 32.1 Å². The lowest BCUT2D eigenvalue weighted by atomic mass is 10.1. The van der Waals surface area contributed by atoms with E-state index in [0.29, 0.717) is 0 Å². The first-order valence-corrected chi connectivity index (χ1v) is 9.88. The van der Waals surface area contributed by atoms with E-state index in [9.17, 15) is 18.0 Å². The summed E-state index contributed by atoms with van der Waals surface area (Å²) in [6.45, 7) is 4.83. The maximum absolute atomic E-state index is 12.9. The van der Waals surface area contributed by atoms with Gasteiger partial charge in [-0.05, 0) is 32.9 Å². The Balaban J connectivity index is 2.67. The second-order valence-corrected chi connectivity index (χ2v) is 8.69. The quantitative estimate of drug-likeness (QED) is 0.717. The number of methoxy groups -OCH3 is 2. The summed E-state index contributed by atoms with van der Waals surface area (Å²) in [7, 11) is -1.59. The molecule has 0 amide bonds. The molecule has 2 rings (SSSR count). The Morgan fingerprint density at radius 2 is 1.71 bits per heavy atom. The van der Waals surface area contributed by atoms with Gasteiger partial charge >= 0.3 is 11.9 Å². The lowest BCUT2D eigenvalue weighted by molar-refractivity contribution is -0.140. The number of anilines is 1. The molecule has 0 saturated heterocycles. The molecule has 154 valence electrons. The molecule has 1 aliphatic rings. The first kappa shape index (κ1) is 21.9. The Hall–Kier alpha value is -2.43. The van der Waals surface area contributed by atoms with Crippen LogP contribution in [0.5, 0.6) is 0 Å². The van der Waals surface area contributed by atoms with Crippen LogP contribution in [0, 0.1) is 0 Å². The van der Waals surface area contributed by atoms with Gasteiger partial charge in [0.2, 0.25) is 10.0 Å². The number of nitrogens with zero attached hydrogens (tertiary/aromatic N) is 1. The van der Waals surface area contributed by atoms with E-state index >= 15 is 0 Å².